The number of carbonyl (C=O) groups is 2. The van der Waals surface area contributed by atoms with E-state index < -0.39 is 18.0 Å². The number of aliphatic carboxylic acids is 1. The third kappa shape index (κ3) is 3.80. The van der Waals surface area contributed by atoms with Gasteiger partial charge in [0.25, 0.3) is 0 Å². The lowest BCUT2D eigenvalue weighted by atomic mass is 10.2. The summed E-state index contributed by atoms with van der Waals surface area (Å²) in [5.74, 6) is -0.365. The number of carboxylic acids is 1. The van der Waals surface area contributed by atoms with Crippen molar-refractivity contribution in [2.75, 3.05) is 6.54 Å². The van der Waals surface area contributed by atoms with Crippen molar-refractivity contribution in [1.29, 1.82) is 0 Å². The molecule has 6 heteroatoms. The molecule has 1 atom stereocenters. The molecule has 6 nitrogen and oxygen atoms in total. The van der Waals surface area contributed by atoms with Crippen LogP contribution in [0, 0.1) is 0 Å². The maximum atomic E-state index is 11.9. The van der Waals surface area contributed by atoms with Crippen molar-refractivity contribution >= 4 is 12.0 Å². The number of rotatable bonds is 6. The third-order valence-corrected chi connectivity index (χ3v) is 2.60. The minimum atomic E-state index is -1.03. The fraction of sp³-hybridized carbons (Fsp3) is 0.500. The van der Waals surface area contributed by atoms with E-state index in [1.807, 2.05) is 6.92 Å². The number of nitrogens with one attached hydrogen (secondary N) is 1. The molecule has 0 radical (unpaired) electrons. The second-order valence-corrected chi connectivity index (χ2v) is 3.84. The molecule has 0 aromatic carbocycles. The van der Waals surface area contributed by atoms with E-state index >= 15 is 0 Å². The molecule has 0 saturated heterocycles. The lowest BCUT2D eigenvalue weighted by Gasteiger charge is -2.22. The van der Waals surface area contributed by atoms with Gasteiger partial charge in [-0.05, 0) is 25.5 Å². The molecule has 0 bridgehead atoms. The second kappa shape index (κ2) is 6.68. The van der Waals surface area contributed by atoms with Crippen molar-refractivity contribution in [2.45, 2.75) is 32.9 Å². The van der Waals surface area contributed by atoms with Gasteiger partial charge in [0.1, 0.15) is 11.8 Å². The van der Waals surface area contributed by atoms with Crippen molar-refractivity contribution < 1.29 is 19.1 Å². The normalized spacial score (nSPS) is 11.9. The lowest BCUT2D eigenvalue weighted by molar-refractivity contribution is -0.139. The maximum Gasteiger partial charge on any atom is 0.326 e. The van der Waals surface area contributed by atoms with Gasteiger partial charge in [0, 0.05) is 6.54 Å². The Morgan fingerprint density at radius 2 is 2.22 bits per heavy atom. The summed E-state index contributed by atoms with van der Waals surface area (Å²) in [5.41, 5.74) is 0. The molecule has 100 valence electrons. The van der Waals surface area contributed by atoms with Gasteiger partial charge in [-0.15, -0.1) is 0 Å². The van der Waals surface area contributed by atoms with Gasteiger partial charge >= 0.3 is 12.0 Å². The third-order valence-electron chi connectivity index (χ3n) is 2.60. The number of carboxylic acid groups (broad SMARTS) is 1. The van der Waals surface area contributed by atoms with Crippen molar-refractivity contribution in [3.63, 3.8) is 0 Å². The summed E-state index contributed by atoms with van der Waals surface area (Å²) in [7, 11) is 0. The van der Waals surface area contributed by atoms with Crippen LogP contribution in [0.1, 0.15) is 26.0 Å². The number of hydrogen-bond donors (Lipinski definition) is 2. The van der Waals surface area contributed by atoms with E-state index in [0.29, 0.717) is 25.3 Å². The number of hydrogen-bond acceptors (Lipinski definition) is 3. The smallest absolute Gasteiger partial charge is 0.326 e. The lowest BCUT2D eigenvalue weighted by Crippen LogP contribution is -2.47. The minimum absolute atomic E-state index is 0.325. The van der Waals surface area contributed by atoms with E-state index in [0.717, 1.165) is 0 Å². The molecule has 0 saturated carbocycles. The van der Waals surface area contributed by atoms with Crippen LogP contribution in [0.25, 0.3) is 0 Å². The zero-order valence-electron chi connectivity index (χ0n) is 10.5. The Bertz CT molecular complexity index is 389. The van der Waals surface area contributed by atoms with E-state index in [-0.39, 0.29) is 0 Å². The first-order valence-electron chi connectivity index (χ1n) is 5.89. The zero-order valence-corrected chi connectivity index (χ0v) is 10.5. The Kier molecular flexibility index (Phi) is 5.23. The molecule has 1 unspecified atom stereocenters. The van der Waals surface area contributed by atoms with Gasteiger partial charge < -0.3 is 19.7 Å². The van der Waals surface area contributed by atoms with Crippen LogP contribution >= 0.6 is 0 Å². The monoisotopic (exact) mass is 254 g/mol. The number of furan rings is 1. The Hall–Kier alpha value is -1.98. The van der Waals surface area contributed by atoms with Crippen LogP contribution in [-0.2, 0) is 11.3 Å². The number of nitrogens with zero attached hydrogens (tertiary/aromatic N) is 1. The Labute approximate surface area is 106 Å². The topological polar surface area (TPSA) is 82.8 Å². The van der Waals surface area contributed by atoms with Crippen LogP contribution in [-0.4, -0.2) is 34.6 Å². The highest BCUT2D eigenvalue weighted by molar-refractivity contribution is 5.82. The predicted molar refractivity (Wildman–Crippen MR) is 65.0 cm³/mol. The predicted octanol–water partition coefficient (Wildman–Crippen LogP) is 1.67. The van der Waals surface area contributed by atoms with E-state index in [4.69, 9.17) is 9.52 Å². The van der Waals surface area contributed by atoms with Crippen molar-refractivity contribution in [3.05, 3.63) is 24.2 Å². The van der Waals surface area contributed by atoms with Gasteiger partial charge in [0.2, 0.25) is 0 Å². The number of amides is 2. The maximum absolute atomic E-state index is 11.9. The molecule has 2 amide bonds. The van der Waals surface area contributed by atoms with Crippen LogP contribution < -0.4 is 5.32 Å². The molecule has 1 aromatic heterocycles. The summed E-state index contributed by atoms with van der Waals surface area (Å²) in [6, 6.07) is 2.25. The number of carbonyl (C=O) groups excluding carboxylic acids is 1. The van der Waals surface area contributed by atoms with E-state index in [9.17, 15) is 9.59 Å². The van der Waals surface area contributed by atoms with Crippen molar-refractivity contribution in [1.82, 2.24) is 10.2 Å². The molecule has 1 rings (SSSR count). The van der Waals surface area contributed by atoms with Gasteiger partial charge in [-0.25, -0.2) is 9.59 Å². The van der Waals surface area contributed by atoms with Gasteiger partial charge in [0.05, 0.1) is 12.8 Å². The van der Waals surface area contributed by atoms with Crippen LogP contribution in [0.5, 0.6) is 0 Å². The average Bonchev–Trinajstić information content (AvgIpc) is 2.85. The fourth-order valence-electron chi connectivity index (χ4n) is 1.50. The first-order valence-corrected chi connectivity index (χ1v) is 5.89. The average molecular weight is 254 g/mol. The van der Waals surface area contributed by atoms with Gasteiger partial charge in [0.15, 0.2) is 0 Å². The van der Waals surface area contributed by atoms with E-state index in [1.54, 1.807) is 19.1 Å². The molecule has 0 aliphatic carbocycles. The molecule has 0 spiro atoms. The van der Waals surface area contributed by atoms with Gasteiger partial charge in [-0.3, -0.25) is 0 Å². The van der Waals surface area contributed by atoms with Crippen LogP contribution in [0.15, 0.2) is 22.8 Å². The largest absolute Gasteiger partial charge is 0.480 e. The second-order valence-electron chi connectivity index (χ2n) is 3.84. The molecular formula is C12H18N2O4. The van der Waals surface area contributed by atoms with Crippen LogP contribution in [0.4, 0.5) is 4.79 Å². The number of urea groups is 1. The van der Waals surface area contributed by atoms with E-state index in [1.165, 1.54) is 11.2 Å². The Morgan fingerprint density at radius 1 is 1.50 bits per heavy atom. The Balaban J connectivity index is 2.59. The van der Waals surface area contributed by atoms with Crippen LogP contribution in [0.3, 0.4) is 0 Å². The highest BCUT2D eigenvalue weighted by atomic mass is 16.4. The van der Waals surface area contributed by atoms with Crippen molar-refractivity contribution in [2.24, 2.45) is 0 Å². The minimum Gasteiger partial charge on any atom is -0.480 e. The molecule has 0 aliphatic rings. The molecule has 0 aliphatic heterocycles. The standard InChI is InChI=1S/C12H18N2O4/c1-3-10(11(15)16)13-12(17)14(4-2)8-9-6-5-7-18-9/h5-7,10H,3-4,8H2,1-2H3,(H,13,17)(H,15,16). The first-order chi connectivity index (χ1) is 8.58. The summed E-state index contributed by atoms with van der Waals surface area (Å²) in [4.78, 5) is 24.2. The molecule has 1 heterocycles. The van der Waals surface area contributed by atoms with Crippen LogP contribution in [0.2, 0.25) is 0 Å². The summed E-state index contributed by atoms with van der Waals surface area (Å²) < 4.78 is 5.16. The quantitative estimate of drug-likeness (QED) is 0.809. The zero-order chi connectivity index (χ0) is 13.5. The molecule has 18 heavy (non-hydrogen) atoms. The fourth-order valence-corrected chi connectivity index (χ4v) is 1.50. The molecular weight excluding hydrogens is 236 g/mol. The SMILES string of the molecule is CCC(NC(=O)N(CC)Cc1ccco1)C(=O)O. The summed E-state index contributed by atoms with van der Waals surface area (Å²) >= 11 is 0. The summed E-state index contributed by atoms with van der Waals surface area (Å²) in [6.45, 7) is 4.33. The molecule has 1 aromatic rings. The highest BCUT2D eigenvalue weighted by Crippen LogP contribution is 2.06. The summed E-state index contributed by atoms with van der Waals surface area (Å²) in [5, 5.41) is 11.4. The van der Waals surface area contributed by atoms with E-state index in [2.05, 4.69) is 5.32 Å². The Morgan fingerprint density at radius 3 is 2.67 bits per heavy atom. The molecule has 2 N–H and O–H groups in total. The summed E-state index contributed by atoms with van der Waals surface area (Å²) in [6.07, 6.45) is 1.88. The van der Waals surface area contributed by atoms with Gasteiger partial charge in [-0.2, -0.15) is 0 Å². The molecule has 0 fully saturated rings. The van der Waals surface area contributed by atoms with Crippen molar-refractivity contribution in [3.8, 4) is 0 Å². The highest BCUT2D eigenvalue weighted by Gasteiger charge is 2.21. The first kappa shape index (κ1) is 14.1. The van der Waals surface area contributed by atoms with Gasteiger partial charge in [-0.1, -0.05) is 6.92 Å².